The van der Waals surface area contributed by atoms with Gasteiger partial charge < -0.3 is 10.6 Å². The first-order valence-corrected chi connectivity index (χ1v) is 10.1. The van der Waals surface area contributed by atoms with Crippen LogP contribution in [0.4, 0.5) is 15.9 Å². The van der Waals surface area contributed by atoms with E-state index in [4.69, 9.17) is 11.6 Å². The number of nitrogens with one attached hydrogen (secondary N) is 2. The van der Waals surface area contributed by atoms with Gasteiger partial charge in [-0.1, -0.05) is 23.7 Å². The molecule has 0 atom stereocenters. The lowest BCUT2D eigenvalue weighted by atomic mass is 10.2. The first-order valence-electron chi connectivity index (χ1n) is 9.73. The predicted octanol–water partition coefficient (Wildman–Crippen LogP) is 4.41. The highest BCUT2D eigenvalue weighted by Crippen LogP contribution is 2.17. The Morgan fingerprint density at radius 3 is 2.68 bits per heavy atom. The Labute approximate surface area is 183 Å². The molecule has 4 rings (SSSR count). The quantitative estimate of drug-likeness (QED) is 0.446. The van der Waals surface area contributed by atoms with Crippen LogP contribution in [0.5, 0.6) is 0 Å². The minimum Gasteiger partial charge on any atom is -0.365 e. The van der Waals surface area contributed by atoms with Gasteiger partial charge in [-0.3, -0.25) is 4.79 Å². The van der Waals surface area contributed by atoms with E-state index in [2.05, 4.69) is 25.9 Å². The van der Waals surface area contributed by atoms with Gasteiger partial charge in [0.25, 0.3) is 0 Å². The molecular weight excluding hydrogens is 419 g/mol. The molecule has 4 aromatic rings. The van der Waals surface area contributed by atoms with E-state index in [-0.39, 0.29) is 18.1 Å². The normalized spacial score (nSPS) is 10.9. The predicted molar refractivity (Wildman–Crippen MR) is 118 cm³/mol. The van der Waals surface area contributed by atoms with Crippen molar-refractivity contribution in [2.24, 2.45) is 0 Å². The third kappa shape index (κ3) is 5.16. The molecule has 0 spiro atoms. The van der Waals surface area contributed by atoms with Gasteiger partial charge in [-0.15, -0.1) is 15.3 Å². The van der Waals surface area contributed by atoms with Crippen molar-refractivity contribution in [3.8, 4) is 0 Å². The van der Waals surface area contributed by atoms with Crippen LogP contribution in [0.1, 0.15) is 23.4 Å². The summed E-state index contributed by atoms with van der Waals surface area (Å²) in [6, 6.07) is 15.5. The highest BCUT2D eigenvalue weighted by Gasteiger charge is 2.11. The van der Waals surface area contributed by atoms with Crippen LogP contribution >= 0.6 is 11.6 Å². The number of hydrogen-bond donors (Lipinski definition) is 2. The lowest BCUT2D eigenvalue weighted by Gasteiger charge is -2.08. The Bertz CT molecular complexity index is 1220. The maximum Gasteiger partial charge on any atom is 0.224 e. The summed E-state index contributed by atoms with van der Waals surface area (Å²) < 4.78 is 14.8. The SMILES string of the molecule is Cc1cc(F)ccc1NC(=O)CCc1nnc2ccc(NCc3ccc(Cl)cc3)nn12. The highest BCUT2D eigenvalue weighted by atomic mass is 35.5. The minimum atomic E-state index is -0.336. The van der Waals surface area contributed by atoms with Crippen molar-refractivity contribution in [3.63, 3.8) is 0 Å². The summed E-state index contributed by atoms with van der Waals surface area (Å²) in [6.07, 6.45) is 0.558. The van der Waals surface area contributed by atoms with Crippen LogP contribution < -0.4 is 10.6 Å². The average molecular weight is 439 g/mol. The number of nitrogens with zero attached hydrogens (tertiary/aromatic N) is 4. The van der Waals surface area contributed by atoms with Crippen LogP contribution in [-0.2, 0) is 17.8 Å². The molecule has 0 aliphatic heterocycles. The molecule has 0 aliphatic rings. The summed E-state index contributed by atoms with van der Waals surface area (Å²) in [5, 5.41) is 19.5. The molecule has 0 saturated carbocycles. The lowest BCUT2D eigenvalue weighted by molar-refractivity contribution is -0.116. The van der Waals surface area contributed by atoms with Crippen LogP contribution in [0.25, 0.3) is 5.65 Å². The Balaban J connectivity index is 1.40. The number of aryl methyl sites for hydroxylation is 2. The number of fused-ring (bicyclic) bond motifs is 1. The zero-order valence-corrected chi connectivity index (χ0v) is 17.5. The second-order valence-corrected chi connectivity index (χ2v) is 7.53. The molecule has 158 valence electrons. The van der Waals surface area contributed by atoms with E-state index in [9.17, 15) is 9.18 Å². The van der Waals surface area contributed by atoms with E-state index in [0.29, 0.717) is 46.5 Å². The van der Waals surface area contributed by atoms with Crippen molar-refractivity contribution in [1.82, 2.24) is 19.8 Å². The van der Waals surface area contributed by atoms with Crippen LogP contribution in [0.15, 0.2) is 54.6 Å². The van der Waals surface area contributed by atoms with Crippen molar-refractivity contribution >= 4 is 34.7 Å². The average Bonchev–Trinajstić information content (AvgIpc) is 3.16. The number of amides is 1. The van der Waals surface area contributed by atoms with Crippen LogP contribution in [0.3, 0.4) is 0 Å². The molecule has 2 aromatic carbocycles. The molecule has 0 aliphatic carbocycles. The van der Waals surface area contributed by atoms with Crippen LogP contribution in [0.2, 0.25) is 5.02 Å². The topological polar surface area (TPSA) is 84.2 Å². The zero-order chi connectivity index (χ0) is 21.8. The molecule has 2 heterocycles. The molecular formula is C22H20ClFN6O. The monoisotopic (exact) mass is 438 g/mol. The maximum atomic E-state index is 13.2. The fourth-order valence-electron chi connectivity index (χ4n) is 3.08. The van der Waals surface area contributed by atoms with E-state index >= 15 is 0 Å². The number of aromatic nitrogens is 4. The van der Waals surface area contributed by atoms with E-state index in [0.717, 1.165) is 5.56 Å². The third-order valence-electron chi connectivity index (χ3n) is 4.75. The van der Waals surface area contributed by atoms with Crippen LogP contribution in [-0.4, -0.2) is 25.7 Å². The first kappa shape index (κ1) is 20.7. The van der Waals surface area contributed by atoms with Crippen molar-refractivity contribution in [1.29, 1.82) is 0 Å². The Hall–Kier alpha value is -3.52. The standard InChI is InChI=1S/C22H20ClFN6O/c1-14-12-17(24)6-7-18(14)26-22(31)11-10-21-28-27-20-9-8-19(29-30(20)21)25-13-15-2-4-16(23)5-3-15/h2-9,12H,10-11,13H2,1H3,(H,25,29)(H,26,31). The molecule has 0 unspecified atom stereocenters. The maximum absolute atomic E-state index is 13.2. The number of hydrogen-bond acceptors (Lipinski definition) is 5. The number of carbonyl (C=O) groups is 1. The summed E-state index contributed by atoms with van der Waals surface area (Å²) in [4.78, 5) is 12.3. The van der Waals surface area contributed by atoms with Gasteiger partial charge >= 0.3 is 0 Å². The molecule has 31 heavy (non-hydrogen) atoms. The molecule has 0 saturated heterocycles. The van der Waals surface area contributed by atoms with Crippen molar-refractivity contribution in [3.05, 3.63) is 82.4 Å². The number of benzene rings is 2. The van der Waals surface area contributed by atoms with E-state index in [1.807, 2.05) is 36.4 Å². The molecule has 2 N–H and O–H groups in total. The number of carbonyl (C=O) groups excluding carboxylic acids is 1. The van der Waals surface area contributed by atoms with Gasteiger partial charge in [-0.25, -0.2) is 4.39 Å². The second-order valence-electron chi connectivity index (χ2n) is 7.09. The molecule has 0 fully saturated rings. The van der Waals surface area contributed by atoms with E-state index < -0.39 is 0 Å². The largest absolute Gasteiger partial charge is 0.365 e. The summed E-state index contributed by atoms with van der Waals surface area (Å²) in [5.41, 5.74) is 2.92. The minimum absolute atomic E-state index is 0.191. The number of rotatable bonds is 7. The smallest absolute Gasteiger partial charge is 0.224 e. The van der Waals surface area contributed by atoms with Crippen molar-refractivity contribution in [2.75, 3.05) is 10.6 Å². The van der Waals surface area contributed by atoms with Gasteiger partial charge in [0, 0.05) is 30.1 Å². The Kier molecular flexibility index (Phi) is 6.08. The van der Waals surface area contributed by atoms with Gasteiger partial charge in [0.1, 0.15) is 11.6 Å². The van der Waals surface area contributed by atoms with E-state index in [1.165, 1.54) is 12.1 Å². The van der Waals surface area contributed by atoms with Crippen LogP contribution in [0, 0.1) is 12.7 Å². The Morgan fingerprint density at radius 1 is 1.10 bits per heavy atom. The third-order valence-corrected chi connectivity index (χ3v) is 5.00. The molecule has 7 nitrogen and oxygen atoms in total. The fourth-order valence-corrected chi connectivity index (χ4v) is 3.21. The zero-order valence-electron chi connectivity index (χ0n) is 16.8. The van der Waals surface area contributed by atoms with Crippen molar-refractivity contribution < 1.29 is 9.18 Å². The molecule has 0 bridgehead atoms. The second kappa shape index (κ2) is 9.09. The molecule has 1 amide bonds. The van der Waals surface area contributed by atoms with E-state index in [1.54, 1.807) is 17.5 Å². The summed E-state index contributed by atoms with van der Waals surface area (Å²) >= 11 is 5.92. The van der Waals surface area contributed by atoms with Gasteiger partial charge in [0.05, 0.1) is 0 Å². The number of anilines is 2. The molecule has 2 aromatic heterocycles. The van der Waals surface area contributed by atoms with Gasteiger partial charge in [0.2, 0.25) is 5.91 Å². The van der Waals surface area contributed by atoms with Gasteiger partial charge in [0.15, 0.2) is 11.5 Å². The summed E-state index contributed by atoms with van der Waals surface area (Å²) in [6.45, 7) is 2.33. The Morgan fingerprint density at radius 2 is 1.90 bits per heavy atom. The van der Waals surface area contributed by atoms with Gasteiger partial charge in [-0.05, 0) is 60.5 Å². The summed E-state index contributed by atoms with van der Waals surface area (Å²) in [7, 11) is 0. The first-order chi connectivity index (χ1) is 15.0. The summed E-state index contributed by atoms with van der Waals surface area (Å²) in [5.74, 6) is 0.714. The van der Waals surface area contributed by atoms with Gasteiger partial charge in [-0.2, -0.15) is 4.52 Å². The highest BCUT2D eigenvalue weighted by molar-refractivity contribution is 6.30. The number of halogens is 2. The molecule has 0 radical (unpaired) electrons. The van der Waals surface area contributed by atoms with Crippen molar-refractivity contribution in [2.45, 2.75) is 26.3 Å². The lowest BCUT2D eigenvalue weighted by Crippen LogP contribution is -2.14. The fraction of sp³-hybridized carbons (Fsp3) is 0.182. The molecule has 9 heteroatoms.